The summed E-state index contributed by atoms with van der Waals surface area (Å²) in [6, 6.07) is 10.1. The SMILES string of the molecule is Cn1cnc(-c2ccc(C(C)(C)C#N)cc2)n1. The van der Waals surface area contributed by atoms with Crippen molar-refractivity contribution in [3.63, 3.8) is 0 Å². The molecule has 0 spiro atoms. The Morgan fingerprint density at radius 1 is 1.24 bits per heavy atom. The Balaban J connectivity index is 2.34. The van der Waals surface area contributed by atoms with Crippen LogP contribution in [0.3, 0.4) is 0 Å². The molecule has 0 radical (unpaired) electrons. The van der Waals surface area contributed by atoms with Gasteiger partial charge >= 0.3 is 0 Å². The van der Waals surface area contributed by atoms with Crippen molar-refractivity contribution in [1.82, 2.24) is 14.8 Å². The maximum Gasteiger partial charge on any atom is 0.181 e. The van der Waals surface area contributed by atoms with E-state index in [9.17, 15) is 0 Å². The van der Waals surface area contributed by atoms with E-state index in [1.807, 2.05) is 45.2 Å². The van der Waals surface area contributed by atoms with Gasteiger partial charge in [-0.2, -0.15) is 10.4 Å². The zero-order valence-corrected chi connectivity index (χ0v) is 10.2. The van der Waals surface area contributed by atoms with E-state index in [0.29, 0.717) is 5.82 Å². The molecular weight excluding hydrogens is 212 g/mol. The Hall–Kier alpha value is -2.15. The van der Waals surface area contributed by atoms with Crippen molar-refractivity contribution in [1.29, 1.82) is 5.26 Å². The molecule has 0 fully saturated rings. The molecular formula is C13H14N4. The molecule has 4 nitrogen and oxygen atoms in total. The van der Waals surface area contributed by atoms with Gasteiger partial charge in [0.15, 0.2) is 5.82 Å². The van der Waals surface area contributed by atoms with Crippen LogP contribution in [0.2, 0.25) is 0 Å². The van der Waals surface area contributed by atoms with Crippen molar-refractivity contribution in [2.45, 2.75) is 19.3 Å². The minimum Gasteiger partial charge on any atom is -0.255 e. The molecule has 86 valence electrons. The molecule has 0 saturated heterocycles. The van der Waals surface area contributed by atoms with E-state index in [-0.39, 0.29) is 0 Å². The van der Waals surface area contributed by atoms with Gasteiger partial charge in [-0.3, -0.25) is 4.68 Å². The van der Waals surface area contributed by atoms with Crippen molar-refractivity contribution >= 4 is 0 Å². The Bertz CT molecular complexity index is 558. The number of aryl methyl sites for hydroxylation is 1. The summed E-state index contributed by atoms with van der Waals surface area (Å²) in [5.41, 5.74) is 1.50. The van der Waals surface area contributed by atoms with Gasteiger partial charge in [-0.1, -0.05) is 24.3 Å². The fraction of sp³-hybridized carbons (Fsp3) is 0.308. The van der Waals surface area contributed by atoms with Crippen molar-refractivity contribution in [2.24, 2.45) is 7.05 Å². The van der Waals surface area contributed by atoms with Crippen LogP contribution in [0.4, 0.5) is 0 Å². The highest BCUT2D eigenvalue weighted by Gasteiger charge is 2.19. The molecule has 0 bridgehead atoms. The van der Waals surface area contributed by atoms with Gasteiger partial charge in [-0.15, -0.1) is 0 Å². The minimum atomic E-state index is -0.462. The number of aromatic nitrogens is 3. The molecule has 1 heterocycles. The average molecular weight is 226 g/mol. The third-order valence-corrected chi connectivity index (χ3v) is 2.74. The second-order valence-electron chi connectivity index (χ2n) is 4.56. The fourth-order valence-electron chi connectivity index (χ4n) is 1.57. The highest BCUT2D eigenvalue weighted by Crippen LogP contribution is 2.24. The average Bonchev–Trinajstić information content (AvgIpc) is 2.76. The normalized spacial score (nSPS) is 11.2. The molecule has 0 saturated carbocycles. The first-order valence-corrected chi connectivity index (χ1v) is 5.41. The monoisotopic (exact) mass is 226 g/mol. The van der Waals surface area contributed by atoms with E-state index in [1.165, 1.54) is 0 Å². The summed E-state index contributed by atoms with van der Waals surface area (Å²) in [6.45, 7) is 3.81. The van der Waals surface area contributed by atoms with Crippen molar-refractivity contribution < 1.29 is 0 Å². The number of benzene rings is 1. The van der Waals surface area contributed by atoms with Gasteiger partial charge in [0.25, 0.3) is 0 Å². The topological polar surface area (TPSA) is 54.5 Å². The summed E-state index contributed by atoms with van der Waals surface area (Å²) < 4.78 is 1.67. The summed E-state index contributed by atoms with van der Waals surface area (Å²) in [4.78, 5) is 4.18. The Morgan fingerprint density at radius 3 is 2.35 bits per heavy atom. The summed E-state index contributed by atoms with van der Waals surface area (Å²) in [5, 5.41) is 13.3. The smallest absolute Gasteiger partial charge is 0.181 e. The maximum absolute atomic E-state index is 9.06. The molecule has 0 aliphatic heterocycles. The molecule has 0 aliphatic carbocycles. The Labute approximate surface area is 101 Å². The number of hydrogen-bond acceptors (Lipinski definition) is 3. The quantitative estimate of drug-likeness (QED) is 0.789. The molecule has 17 heavy (non-hydrogen) atoms. The van der Waals surface area contributed by atoms with Gasteiger partial charge in [0.05, 0.1) is 11.5 Å². The summed E-state index contributed by atoms with van der Waals surface area (Å²) >= 11 is 0. The predicted octanol–water partition coefficient (Wildman–Crippen LogP) is 2.28. The van der Waals surface area contributed by atoms with Crippen LogP contribution in [0.25, 0.3) is 11.4 Å². The predicted molar refractivity (Wildman–Crippen MR) is 65.1 cm³/mol. The lowest BCUT2D eigenvalue weighted by atomic mass is 9.86. The van der Waals surface area contributed by atoms with Gasteiger partial charge < -0.3 is 0 Å². The zero-order valence-electron chi connectivity index (χ0n) is 10.2. The first-order valence-electron chi connectivity index (χ1n) is 5.41. The molecule has 2 rings (SSSR count). The highest BCUT2D eigenvalue weighted by molar-refractivity contribution is 5.55. The summed E-state index contributed by atoms with van der Waals surface area (Å²) in [5.74, 6) is 0.703. The van der Waals surface area contributed by atoms with E-state index < -0.39 is 5.41 Å². The third kappa shape index (κ3) is 2.18. The second kappa shape index (κ2) is 4.02. The summed E-state index contributed by atoms with van der Waals surface area (Å²) in [7, 11) is 1.84. The highest BCUT2D eigenvalue weighted by atomic mass is 15.3. The minimum absolute atomic E-state index is 0.462. The largest absolute Gasteiger partial charge is 0.255 e. The molecule has 0 unspecified atom stereocenters. The zero-order chi connectivity index (χ0) is 12.5. The van der Waals surface area contributed by atoms with Crippen LogP contribution < -0.4 is 0 Å². The van der Waals surface area contributed by atoms with Crippen LogP contribution in [-0.4, -0.2) is 14.8 Å². The molecule has 0 aliphatic rings. The van der Waals surface area contributed by atoms with E-state index >= 15 is 0 Å². The Kier molecular flexibility index (Phi) is 2.68. The number of nitriles is 1. The molecule has 0 N–H and O–H groups in total. The lowest BCUT2D eigenvalue weighted by molar-refractivity contribution is 0.687. The van der Waals surface area contributed by atoms with Crippen molar-refractivity contribution in [3.8, 4) is 17.5 Å². The van der Waals surface area contributed by atoms with Gasteiger partial charge in [0.1, 0.15) is 6.33 Å². The van der Waals surface area contributed by atoms with Crippen LogP contribution >= 0.6 is 0 Å². The first-order chi connectivity index (χ1) is 8.03. The second-order valence-corrected chi connectivity index (χ2v) is 4.56. The van der Waals surface area contributed by atoms with Crippen LogP contribution in [0.5, 0.6) is 0 Å². The Morgan fingerprint density at radius 2 is 1.88 bits per heavy atom. The maximum atomic E-state index is 9.06. The van der Waals surface area contributed by atoms with Gasteiger partial charge in [0.2, 0.25) is 0 Å². The van der Waals surface area contributed by atoms with E-state index in [1.54, 1.807) is 11.0 Å². The molecule has 0 amide bonds. The van der Waals surface area contributed by atoms with E-state index in [0.717, 1.165) is 11.1 Å². The van der Waals surface area contributed by atoms with E-state index in [4.69, 9.17) is 5.26 Å². The summed E-state index contributed by atoms with van der Waals surface area (Å²) in [6.07, 6.45) is 1.67. The standard InChI is InChI=1S/C13H14N4/c1-13(2,8-14)11-6-4-10(5-7-11)12-15-9-17(3)16-12/h4-7,9H,1-3H3. The van der Waals surface area contributed by atoms with Crippen LogP contribution in [0, 0.1) is 11.3 Å². The number of rotatable bonds is 2. The van der Waals surface area contributed by atoms with Gasteiger partial charge in [-0.05, 0) is 19.4 Å². The van der Waals surface area contributed by atoms with Crippen LogP contribution in [-0.2, 0) is 12.5 Å². The number of hydrogen-bond donors (Lipinski definition) is 0. The first kappa shape index (κ1) is 11.3. The third-order valence-electron chi connectivity index (χ3n) is 2.74. The van der Waals surface area contributed by atoms with Gasteiger partial charge in [-0.25, -0.2) is 4.98 Å². The number of nitrogens with zero attached hydrogens (tertiary/aromatic N) is 4. The van der Waals surface area contributed by atoms with Crippen LogP contribution in [0.15, 0.2) is 30.6 Å². The van der Waals surface area contributed by atoms with Crippen molar-refractivity contribution in [2.75, 3.05) is 0 Å². The van der Waals surface area contributed by atoms with E-state index in [2.05, 4.69) is 16.2 Å². The molecule has 1 aromatic carbocycles. The van der Waals surface area contributed by atoms with Crippen LogP contribution in [0.1, 0.15) is 19.4 Å². The molecule has 1 aromatic heterocycles. The molecule has 0 atom stereocenters. The lowest BCUT2D eigenvalue weighted by Gasteiger charge is -2.15. The fourth-order valence-corrected chi connectivity index (χ4v) is 1.57. The van der Waals surface area contributed by atoms with Gasteiger partial charge in [0, 0.05) is 12.6 Å². The molecule has 4 heteroatoms. The molecule has 2 aromatic rings. The van der Waals surface area contributed by atoms with Crippen molar-refractivity contribution in [3.05, 3.63) is 36.2 Å². The lowest BCUT2D eigenvalue weighted by Crippen LogP contribution is -2.13.